The number of aromatic hydroxyl groups is 1. The average molecular weight is 192 g/mol. The molecule has 1 aromatic rings. The highest BCUT2D eigenvalue weighted by Crippen LogP contribution is 2.24. The van der Waals surface area contributed by atoms with Gasteiger partial charge in [-0.1, -0.05) is 13.8 Å². The minimum atomic E-state index is -0.00218. The van der Waals surface area contributed by atoms with Gasteiger partial charge in [-0.2, -0.15) is 0 Å². The lowest BCUT2D eigenvalue weighted by atomic mass is 9.94. The van der Waals surface area contributed by atoms with Gasteiger partial charge in [0, 0.05) is 11.5 Å². The average Bonchev–Trinajstić information content (AvgIpc) is 2.13. The van der Waals surface area contributed by atoms with Gasteiger partial charge in [-0.25, -0.2) is 0 Å². The normalized spacial score (nSPS) is 10.6. The van der Waals surface area contributed by atoms with Crippen LogP contribution in [0.25, 0.3) is 0 Å². The molecule has 1 N–H and O–H groups in total. The predicted molar refractivity (Wildman–Crippen MR) is 56.7 cm³/mol. The Morgan fingerprint density at radius 2 is 1.79 bits per heavy atom. The summed E-state index contributed by atoms with van der Waals surface area (Å²) in [4.78, 5) is 11.7. The van der Waals surface area contributed by atoms with E-state index >= 15 is 0 Å². The van der Waals surface area contributed by atoms with E-state index in [2.05, 4.69) is 0 Å². The number of ketones is 1. The van der Waals surface area contributed by atoms with E-state index in [-0.39, 0.29) is 17.5 Å². The summed E-state index contributed by atoms with van der Waals surface area (Å²) in [6.07, 6.45) is 0. The third-order valence-corrected chi connectivity index (χ3v) is 2.55. The van der Waals surface area contributed by atoms with Gasteiger partial charge in [-0.05, 0) is 37.1 Å². The molecular formula is C12H16O2. The van der Waals surface area contributed by atoms with Gasteiger partial charge in [-0.3, -0.25) is 4.79 Å². The topological polar surface area (TPSA) is 37.3 Å². The van der Waals surface area contributed by atoms with Crippen molar-refractivity contribution in [2.75, 3.05) is 0 Å². The van der Waals surface area contributed by atoms with Gasteiger partial charge in [0.2, 0.25) is 0 Å². The smallest absolute Gasteiger partial charge is 0.165 e. The first-order valence-electron chi connectivity index (χ1n) is 4.78. The van der Waals surface area contributed by atoms with Crippen LogP contribution in [0, 0.1) is 19.8 Å². The molecule has 0 radical (unpaired) electrons. The van der Waals surface area contributed by atoms with Gasteiger partial charge in [0.1, 0.15) is 5.75 Å². The molecule has 0 saturated heterocycles. The molecule has 0 unspecified atom stereocenters. The fraction of sp³-hybridized carbons (Fsp3) is 0.417. The molecule has 76 valence electrons. The molecular weight excluding hydrogens is 176 g/mol. The molecule has 0 aliphatic heterocycles. The lowest BCUT2D eigenvalue weighted by molar-refractivity contribution is 0.0938. The molecule has 1 rings (SSSR count). The largest absolute Gasteiger partial charge is 0.508 e. The number of phenolic OH excluding ortho intramolecular Hbond substituents is 1. The van der Waals surface area contributed by atoms with Crippen molar-refractivity contribution >= 4 is 5.78 Å². The minimum Gasteiger partial charge on any atom is -0.508 e. The number of rotatable bonds is 2. The zero-order chi connectivity index (χ0) is 10.9. The van der Waals surface area contributed by atoms with Crippen molar-refractivity contribution in [2.45, 2.75) is 27.7 Å². The number of Topliss-reactive ketones (excluding diaryl/α,β-unsaturated/α-hetero) is 1. The first kappa shape index (κ1) is 10.8. The number of phenols is 1. The van der Waals surface area contributed by atoms with Crippen LogP contribution in [-0.2, 0) is 0 Å². The summed E-state index contributed by atoms with van der Waals surface area (Å²) in [7, 11) is 0. The summed E-state index contributed by atoms with van der Waals surface area (Å²) in [5.41, 5.74) is 2.38. The summed E-state index contributed by atoms with van der Waals surface area (Å²) in [6.45, 7) is 7.44. The van der Waals surface area contributed by atoms with Crippen LogP contribution in [0.2, 0.25) is 0 Å². The lowest BCUT2D eigenvalue weighted by Gasteiger charge is -2.10. The Kier molecular flexibility index (Phi) is 2.94. The Hall–Kier alpha value is -1.31. The minimum absolute atomic E-state index is 0.00218. The predicted octanol–water partition coefficient (Wildman–Crippen LogP) is 2.85. The molecule has 0 aliphatic carbocycles. The molecule has 2 nitrogen and oxygen atoms in total. The summed E-state index contributed by atoms with van der Waals surface area (Å²) in [6, 6.07) is 3.28. The zero-order valence-electron chi connectivity index (χ0n) is 9.09. The van der Waals surface area contributed by atoms with Crippen LogP contribution in [0.1, 0.15) is 35.3 Å². The van der Waals surface area contributed by atoms with Crippen LogP contribution in [0.3, 0.4) is 0 Å². The van der Waals surface area contributed by atoms with Gasteiger partial charge >= 0.3 is 0 Å². The van der Waals surface area contributed by atoms with Gasteiger partial charge in [0.15, 0.2) is 5.78 Å². The number of benzene rings is 1. The van der Waals surface area contributed by atoms with E-state index in [1.165, 1.54) is 0 Å². The van der Waals surface area contributed by atoms with Crippen molar-refractivity contribution < 1.29 is 9.90 Å². The Bertz CT molecular complexity index is 365. The highest BCUT2D eigenvalue weighted by atomic mass is 16.3. The molecule has 14 heavy (non-hydrogen) atoms. The van der Waals surface area contributed by atoms with E-state index in [1.807, 2.05) is 27.7 Å². The Morgan fingerprint density at radius 1 is 1.21 bits per heavy atom. The van der Waals surface area contributed by atoms with Gasteiger partial charge < -0.3 is 5.11 Å². The first-order valence-corrected chi connectivity index (χ1v) is 4.78. The third-order valence-electron chi connectivity index (χ3n) is 2.55. The van der Waals surface area contributed by atoms with Crippen molar-refractivity contribution in [1.29, 1.82) is 0 Å². The second-order valence-electron chi connectivity index (χ2n) is 3.90. The molecule has 0 bridgehead atoms. The molecule has 0 heterocycles. The fourth-order valence-corrected chi connectivity index (χ4v) is 1.38. The standard InChI is InChI=1S/C12H16O2/c1-7(2)12(14)10-5-6-11(13)9(4)8(10)3/h5-7,13H,1-4H3. The molecule has 2 heteroatoms. The van der Waals surface area contributed by atoms with Crippen molar-refractivity contribution in [1.82, 2.24) is 0 Å². The Morgan fingerprint density at radius 3 is 2.29 bits per heavy atom. The summed E-state index contributed by atoms with van der Waals surface area (Å²) < 4.78 is 0. The lowest BCUT2D eigenvalue weighted by Crippen LogP contribution is -2.09. The second kappa shape index (κ2) is 3.82. The zero-order valence-corrected chi connectivity index (χ0v) is 9.09. The molecule has 0 aliphatic rings. The Labute approximate surface area is 84.6 Å². The maximum atomic E-state index is 11.7. The number of carbonyl (C=O) groups excluding carboxylic acids is 1. The quantitative estimate of drug-likeness (QED) is 0.731. The van der Waals surface area contributed by atoms with E-state index in [9.17, 15) is 9.90 Å². The van der Waals surface area contributed by atoms with Crippen LogP contribution < -0.4 is 0 Å². The molecule has 0 fully saturated rings. The van der Waals surface area contributed by atoms with Crippen molar-refractivity contribution in [3.05, 3.63) is 28.8 Å². The SMILES string of the molecule is Cc1c(O)ccc(C(=O)C(C)C)c1C. The molecule has 0 aromatic heterocycles. The maximum Gasteiger partial charge on any atom is 0.165 e. The number of carbonyl (C=O) groups is 1. The van der Waals surface area contributed by atoms with E-state index in [4.69, 9.17) is 0 Å². The highest BCUT2D eigenvalue weighted by molar-refractivity contribution is 5.99. The van der Waals surface area contributed by atoms with Gasteiger partial charge in [0.05, 0.1) is 0 Å². The molecule has 0 amide bonds. The summed E-state index contributed by atoms with van der Waals surface area (Å²) in [5, 5.41) is 9.43. The van der Waals surface area contributed by atoms with Gasteiger partial charge in [-0.15, -0.1) is 0 Å². The number of hydrogen-bond donors (Lipinski definition) is 1. The van der Waals surface area contributed by atoms with E-state index in [0.717, 1.165) is 16.7 Å². The summed E-state index contributed by atoms with van der Waals surface area (Å²) in [5.74, 6) is 0.381. The molecule has 1 aromatic carbocycles. The van der Waals surface area contributed by atoms with Crippen molar-refractivity contribution in [2.24, 2.45) is 5.92 Å². The van der Waals surface area contributed by atoms with Gasteiger partial charge in [0.25, 0.3) is 0 Å². The number of hydrogen-bond acceptors (Lipinski definition) is 2. The van der Waals surface area contributed by atoms with Crippen LogP contribution in [0.5, 0.6) is 5.75 Å². The second-order valence-corrected chi connectivity index (χ2v) is 3.90. The highest BCUT2D eigenvalue weighted by Gasteiger charge is 2.15. The van der Waals surface area contributed by atoms with Crippen molar-refractivity contribution in [3.8, 4) is 5.75 Å². The van der Waals surface area contributed by atoms with E-state index in [0.29, 0.717) is 0 Å². The Balaban J connectivity index is 3.24. The first-order chi connectivity index (χ1) is 6.45. The van der Waals surface area contributed by atoms with E-state index < -0.39 is 0 Å². The third kappa shape index (κ3) is 1.79. The molecule has 0 saturated carbocycles. The van der Waals surface area contributed by atoms with E-state index in [1.54, 1.807) is 12.1 Å². The summed E-state index contributed by atoms with van der Waals surface area (Å²) >= 11 is 0. The molecule has 0 atom stereocenters. The fourth-order valence-electron chi connectivity index (χ4n) is 1.38. The molecule has 0 spiro atoms. The van der Waals surface area contributed by atoms with Crippen LogP contribution in [0.4, 0.5) is 0 Å². The monoisotopic (exact) mass is 192 g/mol. The maximum absolute atomic E-state index is 11.7. The van der Waals surface area contributed by atoms with Crippen LogP contribution in [0.15, 0.2) is 12.1 Å². The van der Waals surface area contributed by atoms with Crippen molar-refractivity contribution in [3.63, 3.8) is 0 Å². The van der Waals surface area contributed by atoms with Crippen LogP contribution in [-0.4, -0.2) is 10.9 Å². The van der Waals surface area contributed by atoms with Crippen LogP contribution >= 0.6 is 0 Å².